The second-order valence-electron chi connectivity index (χ2n) is 24.3. The zero-order valence-corrected chi connectivity index (χ0v) is 45.5. The summed E-state index contributed by atoms with van der Waals surface area (Å²) in [6.07, 6.45) is 1.81. The summed E-state index contributed by atoms with van der Waals surface area (Å²) >= 11 is 0. The van der Waals surface area contributed by atoms with Gasteiger partial charge in [-0.1, -0.05) is 72.9 Å². The van der Waals surface area contributed by atoms with Crippen molar-refractivity contribution in [1.29, 1.82) is 0 Å². The van der Waals surface area contributed by atoms with Crippen LogP contribution in [0.4, 0.5) is 0 Å². The summed E-state index contributed by atoms with van der Waals surface area (Å²) in [5, 5.41) is 0.103. The first kappa shape index (κ1) is 53.5. The number of rotatable bonds is 9. The minimum atomic E-state index is -3.93. The van der Waals surface area contributed by atoms with Crippen LogP contribution in [0, 0.1) is 23.7 Å². The Hall–Kier alpha value is -2.35. The molecule has 10 bridgehead atoms. The number of fused-ring (bicyclic) bond motifs is 4. The zero-order valence-electron chi connectivity index (χ0n) is 43.7. The molecule has 396 valence electrons. The van der Waals surface area contributed by atoms with Gasteiger partial charge in [0.2, 0.25) is 0 Å². The minimum Gasteiger partial charge on any atom is -0.458 e. The predicted molar refractivity (Wildman–Crippen MR) is 269 cm³/mol. The molecule has 0 saturated carbocycles. The second kappa shape index (κ2) is 21.0. The van der Waals surface area contributed by atoms with Gasteiger partial charge in [0.1, 0.15) is 42.4 Å². The summed E-state index contributed by atoms with van der Waals surface area (Å²) in [6.45, 7) is 27.6. The second-order valence-corrected chi connectivity index (χ2v) is 30.7. The molecular weight excluding hydrogens is 945 g/mol. The Labute approximate surface area is 424 Å². The van der Waals surface area contributed by atoms with Crippen LogP contribution in [0.1, 0.15) is 135 Å². The van der Waals surface area contributed by atoms with Crippen LogP contribution < -0.4 is 0 Å². The van der Waals surface area contributed by atoms with E-state index in [2.05, 4.69) is 67.8 Å². The molecule has 0 radical (unpaired) electrons. The largest absolute Gasteiger partial charge is 0.458 e. The van der Waals surface area contributed by atoms with E-state index in [-0.39, 0.29) is 102 Å². The molecule has 9 heterocycles. The highest BCUT2D eigenvalue weighted by Crippen LogP contribution is 2.54. The lowest BCUT2D eigenvalue weighted by Gasteiger charge is -2.47. The molecule has 14 nitrogen and oxygen atoms in total. The highest BCUT2D eigenvalue weighted by Gasteiger charge is 2.69. The molecule has 0 N–H and O–H groups in total. The van der Waals surface area contributed by atoms with Crippen molar-refractivity contribution in [2.24, 2.45) is 23.7 Å². The van der Waals surface area contributed by atoms with Crippen LogP contribution in [0.2, 0.25) is 18.1 Å². The number of benzene rings is 1. The van der Waals surface area contributed by atoms with Crippen LogP contribution in [0.15, 0.2) is 54.6 Å². The van der Waals surface area contributed by atoms with Crippen molar-refractivity contribution in [3.63, 3.8) is 0 Å². The molecule has 1 spiro atoms. The number of carbonyl (C=O) groups excluding carboxylic acids is 2. The molecule has 0 amide bonds. The Bertz CT molecular complexity index is 2220. The Morgan fingerprint density at radius 2 is 1.54 bits per heavy atom. The summed E-state index contributed by atoms with van der Waals surface area (Å²) in [5.74, 6) is -1.02. The number of ketones is 1. The van der Waals surface area contributed by atoms with Crippen molar-refractivity contribution in [2.75, 3.05) is 12.9 Å². The van der Waals surface area contributed by atoms with Crippen molar-refractivity contribution >= 4 is 30.2 Å². The van der Waals surface area contributed by atoms with Crippen LogP contribution in [0.25, 0.3) is 0 Å². The molecule has 9 saturated heterocycles. The van der Waals surface area contributed by atoms with E-state index in [9.17, 15) is 18.0 Å². The van der Waals surface area contributed by atoms with Crippen molar-refractivity contribution in [2.45, 2.75) is 234 Å². The SMILES string of the molecule is C=C1C[C@@H](OC(=O)c2ccccc2)CC[C@@]23C[C@H]4O[C@H]5C(O2)[C@H]2O[C@H](CC[C@@H]2O[C@H]5[C@H]4O3)CC(=O)CC2C(C[C@H]3O[C@@H](CC[C@H]1OS(C)(=O)=O)C[C@@H](C)C3=C)O[C@H](C[C@H](C)CO[Si](C)(C)C(C)(C)C)[C@@H]2C. The molecule has 71 heavy (non-hydrogen) atoms. The standard InChI is InChI=1S/C55H82O14SSi/c1-31(30-60-71(10,11)54(6,7)8)23-44-35(5)41-27-37(56)26-39-18-20-43-48(62-39)52-51-50(65-43)49-47(66-51)29-55(67-49,68-52)22-21-40(63-53(57)36-15-13-12-14-16-36)25-33(3)42(69-70(9,58)59)19-17-38-24-32(2)34(4)45(61-38)28-46(41)64-44/h12-16,31-32,35,38-52H,3-4,17-30H2,1-2,5-11H3/t31-,32+,35+,38-,39+,40-,41?,42+,43-,44+,45+,46?,47+,48-,49-,50-,51+,52?,55-/m0/s1. The van der Waals surface area contributed by atoms with Crippen LogP contribution in [0.3, 0.4) is 0 Å². The van der Waals surface area contributed by atoms with Gasteiger partial charge >= 0.3 is 5.97 Å². The first-order valence-electron chi connectivity index (χ1n) is 26.7. The number of esters is 1. The summed E-state index contributed by atoms with van der Waals surface area (Å²) in [7, 11) is -5.89. The molecule has 10 rings (SSSR count). The number of Topliss-reactive ketones (excluding diaryl/α,β-unsaturated/α-hetero) is 1. The van der Waals surface area contributed by atoms with Gasteiger partial charge in [0, 0.05) is 45.1 Å². The van der Waals surface area contributed by atoms with Gasteiger partial charge < -0.3 is 42.3 Å². The quantitative estimate of drug-likeness (QED) is 0.0997. The van der Waals surface area contributed by atoms with Gasteiger partial charge in [-0.2, -0.15) is 8.42 Å². The van der Waals surface area contributed by atoms with E-state index >= 15 is 0 Å². The highest BCUT2D eigenvalue weighted by atomic mass is 32.2. The average Bonchev–Trinajstić information content (AvgIpc) is 3.84. The lowest BCUT2D eigenvalue weighted by atomic mass is 9.78. The molecule has 16 heteroatoms. The summed E-state index contributed by atoms with van der Waals surface area (Å²) < 4.78 is 92.9. The zero-order chi connectivity index (χ0) is 50.8. The maximum atomic E-state index is 14.5. The van der Waals surface area contributed by atoms with Crippen molar-refractivity contribution < 1.29 is 64.5 Å². The van der Waals surface area contributed by atoms with Crippen LogP contribution in [0.5, 0.6) is 0 Å². The minimum absolute atomic E-state index is 0.0533. The lowest BCUT2D eigenvalue weighted by molar-refractivity contribution is -0.292. The molecule has 19 atom stereocenters. The first-order chi connectivity index (χ1) is 33.4. The normalized spacial score (nSPS) is 41.7. The van der Waals surface area contributed by atoms with Gasteiger partial charge in [0.05, 0.1) is 60.7 Å². The number of hydrogen-bond acceptors (Lipinski definition) is 14. The third kappa shape index (κ3) is 11.9. The third-order valence-corrected chi connectivity index (χ3v) is 22.9. The van der Waals surface area contributed by atoms with Gasteiger partial charge in [-0.25, -0.2) is 4.79 Å². The van der Waals surface area contributed by atoms with Crippen LogP contribution in [-0.2, 0) is 61.4 Å². The Kier molecular flexibility index (Phi) is 15.8. The molecule has 9 aliphatic rings. The summed E-state index contributed by atoms with van der Waals surface area (Å²) in [5.41, 5.74) is 1.88. The Morgan fingerprint density at radius 1 is 0.831 bits per heavy atom. The van der Waals surface area contributed by atoms with E-state index in [1.807, 2.05) is 6.07 Å². The molecule has 1 aromatic rings. The van der Waals surface area contributed by atoms with E-state index < -0.39 is 60.7 Å². The number of hydrogen-bond donors (Lipinski definition) is 0. The summed E-state index contributed by atoms with van der Waals surface area (Å²) in [6, 6.07) is 8.80. The van der Waals surface area contributed by atoms with Gasteiger partial charge in [-0.05, 0) is 110 Å². The predicted octanol–water partition coefficient (Wildman–Crippen LogP) is 9.20. The fourth-order valence-electron chi connectivity index (χ4n) is 12.7. The first-order valence-corrected chi connectivity index (χ1v) is 31.5. The van der Waals surface area contributed by atoms with E-state index in [0.29, 0.717) is 75.5 Å². The number of ether oxygens (including phenoxy) is 8. The maximum absolute atomic E-state index is 14.5. The van der Waals surface area contributed by atoms with E-state index in [1.54, 1.807) is 24.3 Å². The highest BCUT2D eigenvalue weighted by molar-refractivity contribution is 7.86. The topological polar surface area (TPSA) is 161 Å². The van der Waals surface area contributed by atoms with Crippen LogP contribution in [-0.4, -0.2) is 133 Å². The van der Waals surface area contributed by atoms with Gasteiger partial charge in [0.15, 0.2) is 14.1 Å². The molecule has 0 aromatic heterocycles. The molecule has 1 aromatic carbocycles. The molecule has 9 aliphatic heterocycles. The van der Waals surface area contributed by atoms with E-state index in [1.165, 1.54) is 0 Å². The van der Waals surface area contributed by atoms with Gasteiger partial charge in [-0.15, -0.1) is 0 Å². The summed E-state index contributed by atoms with van der Waals surface area (Å²) in [4.78, 5) is 28.2. The lowest BCUT2D eigenvalue weighted by Crippen LogP contribution is -2.61. The fraction of sp³-hybridized carbons (Fsp3) is 0.782. The van der Waals surface area contributed by atoms with Gasteiger partial charge in [0.25, 0.3) is 10.1 Å². The Balaban J connectivity index is 1.00. The molecule has 3 unspecified atom stereocenters. The number of carbonyl (C=O) groups is 2. The fourth-order valence-corrected chi connectivity index (χ4v) is 14.4. The van der Waals surface area contributed by atoms with Crippen molar-refractivity contribution in [1.82, 2.24) is 0 Å². The maximum Gasteiger partial charge on any atom is 0.338 e. The average molecular weight is 1030 g/mol. The third-order valence-electron chi connectivity index (χ3n) is 17.8. The van der Waals surface area contributed by atoms with E-state index in [0.717, 1.165) is 24.7 Å². The molecule has 9 fully saturated rings. The van der Waals surface area contributed by atoms with Crippen molar-refractivity contribution in [3.05, 3.63) is 60.2 Å². The monoisotopic (exact) mass is 1030 g/mol. The molecule has 0 aliphatic carbocycles. The van der Waals surface area contributed by atoms with Gasteiger partial charge in [-0.3, -0.25) is 8.98 Å². The van der Waals surface area contributed by atoms with Crippen LogP contribution >= 0.6 is 0 Å². The Morgan fingerprint density at radius 3 is 2.27 bits per heavy atom. The smallest absolute Gasteiger partial charge is 0.338 e. The van der Waals surface area contributed by atoms with Crippen molar-refractivity contribution in [3.8, 4) is 0 Å². The molecular formula is C55H82O14SSi. The van der Waals surface area contributed by atoms with E-state index in [4.69, 9.17) is 46.5 Å².